The van der Waals surface area contributed by atoms with E-state index in [2.05, 4.69) is 11.1 Å². The number of carbonyl (C=O) groups is 2. The molecule has 0 amide bonds. The van der Waals surface area contributed by atoms with Gasteiger partial charge in [-0.3, -0.25) is 0 Å². The molecule has 1 aromatic heterocycles. The second kappa shape index (κ2) is 8.60. The Morgan fingerprint density at radius 1 is 1.20 bits per heavy atom. The van der Waals surface area contributed by atoms with Gasteiger partial charge in [0.05, 0.1) is 36.6 Å². The van der Waals surface area contributed by atoms with Gasteiger partial charge in [-0.2, -0.15) is 5.26 Å². The molecule has 2 rings (SSSR count). The van der Waals surface area contributed by atoms with Crippen LogP contribution in [0.5, 0.6) is 0 Å². The minimum atomic E-state index is -0.668. The monoisotopic (exact) mass is 338 g/mol. The highest BCUT2D eigenvalue weighted by molar-refractivity contribution is 5.95. The number of nitrogens with zero attached hydrogens (tertiary/aromatic N) is 2. The zero-order chi connectivity index (χ0) is 18.2. The van der Waals surface area contributed by atoms with Crippen LogP contribution in [0.1, 0.15) is 46.2 Å². The molecule has 1 heterocycles. The molecule has 0 aliphatic heterocycles. The predicted octanol–water partition coefficient (Wildman–Crippen LogP) is 3.36. The molecule has 1 aromatic carbocycles. The highest BCUT2D eigenvalue weighted by atomic mass is 16.5. The lowest BCUT2D eigenvalue weighted by Crippen LogP contribution is -2.11. The summed E-state index contributed by atoms with van der Waals surface area (Å²) in [7, 11) is 1.24. The summed E-state index contributed by atoms with van der Waals surface area (Å²) in [6.07, 6.45) is 1.66. The van der Waals surface area contributed by atoms with E-state index in [-0.39, 0.29) is 11.3 Å². The molecule has 0 unspecified atom stereocenters. The van der Waals surface area contributed by atoms with Gasteiger partial charge in [-0.15, -0.1) is 0 Å². The van der Waals surface area contributed by atoms with Crippen LogP contribution in [0.4, 0.5) is 0 Å². The van der Waals surface area contributed by atoms with Gasteiger partial charge >= 0.3 is 11.9 Å². The molecule has 0 saturated heterocycles. The van der Waals surface area contributed by atoms with E-state index in [0.717, 1.165) is 12.8 Å². The lowest BCUT2D eigenvalue weighted by atomic mass is 10.0. The van der Waals surface area contributed by atoms with E-state index < -0.39 is 11.9 Å². The van der Waals surface area contributed by atoms with Crippen molar-refractivity contribution in [3.8, 4) is 17.3 Å². The van der Waals surface area contributed by atoms with Crippen molar-refractivity contribution in [1.82, 2.24) is 4.98 Å². The summed E-state index contributed by atoms with van der Waals surface area (Å²) in [6, 6.07) is 11.7. The number of rotatable bonds is 6. The third-order valence-electron chi connectivity index (χ3n) is 3.51. The summed E-state index contributed by atoms with van der Waals surface area (Å²) in [5.74, 6) is -1.21. The molecule has 0 spiro atoms. The number of methoxy groups -OCH3 is 1. The van der Waals surface area contributed by atoms with E-state index in [4.69, 9.17) is 9.47 Å². The van der Waals surface area contributed by atoms with E-state index >= 15 is 0 Å². The van der Waals surface area contributed by atoms with Crippen molar-refractivity contribution in [2.75, 3.05) is 13.7 Å². The van der Waals surface area contributed by atoms with Gasteiger partial charge in [-0.25, -0.2) is 14.6 Å². The van der Waals surface area contributed by atoms with Crippen molar-refractivity contribution >= 4 is 11.9 Å². The maximum atomic E-state index is 12.3. The molecule has 25 heavy (non-hydrogen) atoms. The van der Waals surface area contributed by atoms with E-state index in [1.807, 2.05) is 6.92 Å². The summed E-state index contributed by atoms with van der Waals surface area (Å²) in [5, 5.41) is 9.27. The molecule has 0 fully saturated rings. The summed E-state index contributed by atoms with van der Waals surface area (Å²) in [5.41, 5.74) is 1.42. The number of hydrogen-bond acceptors (Lipinski definition) is 6. The summed E-state index contributed by atoms with van der Waals surface area (Å²) in [6.45, 7) is 2.29. The molecular formula is C19H18N2O4. The molecular weight excluding hydrogens is 320 g/mol. The lowest BCUT2D eigenvalue weighted by molar-refractivity contribution is 0.0499. The molecule has 6 nitrogen and oxygen atoms in total. The molecule has 2 aromatic rings. The van der Waals surface area contributed by atoms with Crippen LogP contribution in [-0.4, -0.2) is 30.6 Å². The van der Waals surface area contributed by atoms with E-state index in [9.17, 15) is 14.9 Å². The van der Waals surface area contributed by atoms with Gasteiger partial charge < -0.3 is 9.47 Å². The Balaban J connectivity index is 2.49. The zero-order valence-corrected chi connectivity index (χ0v) is 14.1. The first-order chi connectivity index (χ1) is 12.1. The van der Waals surface area contributed by atoms with E-state index in [0.29, 0.717) is 23.4 Å². The average Bonchev–Trinajstić information content (AvgIpc) is 2.66. The normalized spacial score (nSPS) is 9.96. The van der Waals surface area contributed by atoms with Gasteiger partial charge in [-0.05, 0) is 24.6 Å². The predicted molar refractivity (Wildman–Crippen MR) is 90.9 cm³/mol. The Hall–Kier alpha value is -3.20. The number of aromatic nitrogens is 1. The molecule has 0 saturated carbocycles. The minimum Gasteiger partial charge on any atom is -0.464 e. The van der Waals surface area contributed by atoms with Gasteiger partial charge in [0, 0.05) is 5.56 Å². The summed E-state index contributed by atoms with van der Waals surface area (Å²) >= 11 is 0. The zero-order valence-electron chi connectivity index (χ0n) is 14.1. The van der Waals surface area contributed by atoms with Crippen LogP contribution < -0.4 is 0 Å². The second-order valence-corrected chi connectivity index (χ2v) is 5.26. The van der Waals surface area contributed by atoms with Crippen LogP contribution in [0.25, 0.3) is 11.3 Å². The Labute approximate surface area is 146 Å². The number of ether oxygens (including phenoxy) is 2. The number of hydrogen-bond donors (Lipinski definition) is 0. The van der Waals surface area contributed by atoms with Gasteiger partial charge in [0.1, 0.15) is 5.69 Å². The molecule has 0 bridgehead atoms. The van der Waals surface area contributed by atoms with Crippen molar-refractivity contribution in [2.45, 2.75) is 19.8 Å². The first-order valence-corrected chi connectivity index (χ1v) is 7.87. The maximum absolute atomic E-state index is 12.3. The molecule has 6 heteroatoms. The number of benzene rings is 1. The largest absolute Gasteiger partial charge is 0.464 e. The van der Waals surface area contributed by atoms with Crippen LogP contribution in [-0.2, 0) is 9.47 Å². The van der Waals surface area contributed by atoms with Crippen molar-refractivity contribution in [3.63, 3.8) is 0 Å². The summed E-state index contributed by atoms with van der Waals surface area (Å²) < 4.78 is 9.90. The summed E-state index contributed by atoms with van der Waals surface area (Å²) in [4.78, 5) is 28.4. The van der Waals surface area contributed by atoms with E-state index in [1.54, 1.807) is 24.3 Å². The van der Waals surface area contributed by atoms with Crippen LogP contribution in [0.3, 0.4) is 0 Å². The fourth-order valence-corrected chi connectivity index (χ4v) is 2.19. The molecule has 0 atom stereocenters. The SMILES string of the molecule is CCCCOC(=O)c1cc(C(=O)OC)nc(-c2ccccc2C#N)c1. The number of pyridine rings is 1. The van der Waals surface area contributed by atoms with Crippen LogP contribution in [0.15, 0.2) is 36.4 Å². The van der Waals surface area contributed by atoms with E-state index in [1.165, 1.54) is 19.2 Å². The second-order valence-electron chi connectivity index (χ2n) is 5.26. The standard InChI is InChI=1S/C19H18N2O4/c1-3-4-9-25-18(22)14-10-16(21-17(11-14)19(23)24-2)15-8-6-5-7-13(15)12-20/h5-8,10-11H,3-4,9H2,1-2H3. The Bertz CT molecular complexity index is 824. The van der Waals surface area contributed by atoms with Gasteiger partial charge in [0.2, 0.25) is 0 Å². The van der Waals surface area contributed by atoms with Crippen molar-refractivity contribution in [3.05, 3.63) is 53.2 Å². The molecule has 0 radical (unpaired) electrons. The number of unbranched alkanes of at least 4 members (excludes halogenated alkanes) is 1. The third kappa shape index (κ3) is 4.42. The number of esters is 2. The average molecular weight is 338 g/mol. The first-order valence-electron chi connectivity index (χ1n) is 7.87. The molecule has 0 N–H and O–H groups in total. The molecule has 0 aliphatic carbocycles. The molecule has 0 aliphatic rings. The Morgan fingerprint density at radius 2 is 1.96 bits per heavy atom. The smallest absolute Gasteiger partial charge is 0.356 e. The highest BCUT2D eigenvalue weighted by Gasteiger charge is 2.18. The van der Waals surface area contributed by atoms with Crippen LogP contribution in [0.2, 0.25) is 0 Å². The van der Waals surface area contributed by atoms with Gasteiger partial charge in [0.25, 0.3) is 0 Å². The van der Waals surface area contributed by atoms with Crippen molar-refractivity contribution in [1.29, 1.82) is 5.26 Å². The van der Waals surface area contributed by atoms with Crippen LogP contribution >= 0.6 is 0 Å². The quantitative estimate of drug-likeness (QED) is 0.592. The minimum absolute atomic E-state index is 0.0183. The topological polar surface area (TPSA) is 89.3 Å². The number of carbonyl (C=O) groups excluding carboxylic acids is 2. The van der Waals surface area contributed by atoms with Gasteiger partial charge in [-0.1, -0.05) is 31.5 Å². The maximum Gasteiger partial charge on any atom is 0.356 e. The fraction of sp³-hybridized carbons (Fsp3) is 0.263. The van der Waals surface area contributed by atoms with Crippen molar-refractivity contribution in [2.24, 2.45) is 0 Å². The van der Waals surface area contributed by atoms with Crippen LogP contribution in [0, 0.1) is 11.3 Å². The third-order valence-corrected chi connectivity index (χ3v) is 3.51. The fourth-order valence-electron chi connectivity index (χ4n) is 2.19. The Kier molecular flexibility index (Phi) is 6.24. The molecule has 128 valence electrons. The van der Waals surface area contributed by atoms with Crippen molar-refractivity contribution < 1.29 is 19.1 Å². The first kappa shape index (κ1) is 18.1. The lowest BCUT2D eigenvalue weighted by Gasteiger charge is -2.09. The number of nitriles is 1. The van der Waals surface area contributed by atoms with Gasteiger partial charge in [0.15, 0.2) is 0 Å². The Morgan fingerprint density at radius 3 is 2.64 bits per heavy atom. The highest BCUT2D eigenvalue weighted by Crippen LogP contribution is 2.23.